The highest BCUT2D eigenvalue weighted by atomic mass is 16.5. The molecule has 0 aliphatic rings. The summed E-state index contributed by atoms with van der Waals surface area (Å²) in [6.07, 6.45) is 2.33. The van der Waals surface area contributed by atoms with E-state index >= 15 is 0 Å². The lowest BCUT2D eigenvalue weighted by molar-refractivity contribution is 0.0995. The summed E-state index contributed by atoms with van der Waals surface area (Å²) in [5, 5.41) is 3.21. The Bertz CT molecular complexity index is 370. The molecular weight excluding hydrogens is 220 g/mol. The SMILES string of the molecule is COCCC(CN)Nc1ccnc(C(N)=O)c1. The number of pyridine rings is 1. The van der Waals surface area contributed by atoms with Gasteiger partial charge < -0.3 is 21.5 Å². The molecule has 0 aliphatic heterocycles. The lowest BCUT2D eigenvalue weighted by Gasteiger charge is -2.17. The summed E-state index contributed by atoms with van der Waals surface area (Å²) in [5.74, 6) is -0.546. The fourth-order valence-electron chi connectivity index (χ4n) is 1.40. The third-order valence-electron chi connectivity index (χ3n) is 2.34. The number of carbonyl (C=O) groups excluding carboxylic acids is 1. The number of nitrogens with one attached hydrogen (secondary N) is 1. The third kappa shape index (κ3) is 4.38. The highest BCUT2D eigenvalue weighted by Crippen LogP contribution is 2.10. The zero-order chi connectivity index (χ0) is 12.7. The Kier molecular flexibility index (Phi) is 5.38. The van der Waals surface area contributed by atoms with E-state index in [4.69, 9.17) is 16.2 Å². The van der Waals surface area contributed by atoms with Crippen molar-refractivity contribution in [2.45, 2.75) is 12.5 Å². The van der Waals surface area contributed by atoms with Crippen LogP contribution in [-0.2, 0) is 4.74 Å². The van der Waals surface area contributed by atoms with Gasteiger partial charge in [-0.15, -0.1) is 0 Å². The monoisotopic (exact) mass is 238 g/mol. The van der Waals surface area contributed by atoms with Gasteiger partial charge in [-0.3, -0.25) is 9.78 Å². The first-order chi connectivity index (χ1) is 8.17. The number of aromatic nitrogens is 1. The van der Waals surface area contributed by atoms with E-state index in [1.807, 2.05) is 0 Å². The molecule has 1 rings (SSSR count). The summed E-state index contributed by atoms with van der Waals surface area (Å²) >= 11 is 0. The fourth-order valence-corrected chi connectivity index (χ4v) is 1.40. The standard InChI is InChI=1S/C11H18N4O2/c1-17-5-3-9(7-12)15-8-2-4-14-10(6-8)11(13)16/h2,4,6,9H,3,5,7,12H2,1H3,(H2,13,16)(H,14,15). The molecule has 0 spiro atoms. The highest BCUT2D eigenvalue weighted by Gasteiger charge is 2.08. The van der Waals surface area contributed by atoms with Gasteiger partial charge in [-0.1, -0.05) is 0 Å². The second-order valence-corrected chi connectivity index (χ2v) is 3.65. The number of hydrogen-bond acceptors (Lipinski definition) is 5. The van der Waals surface area contributed by atoms with Gasteiger partial charge in [0.2, 0.25) is 0 Å². The van der Waals surface area contributed by atoms with Crippen molar-refractivity contribution < 1.29 is 9.53 Å². The molecular formula is C11H18N4O2. The van der Waals surface area contributed by atoms with E-state index in [0.717, 1.165) is 12.1 Å². The second-order valence-electron chi connectivity index (χ2n) is 3.65. The van der Waals surface area contributed by atoms with Crippen LogP contribution in [0.5, 0.6) is 0 Å². The molecule has 0 saturated carbocycles. The molecule has 1 amide bonds. The third-order valence-corrected chi connectivity index (χ3v) is 2.34. The van der Waals surface area contributed by atoms with Gasteiger partial charge >= 0.3 is 0 Å². The van der Waals surface area contributed by atoms with Crippen molar-refractivity contribution in [3.05, 3.63) is 24.0 Å². The number of carbonyl (C=O) groups is 1. The molecule has 94 valence electrons. The molecule has 0 fully saturated rings. The molecule has 0 aromatic carbocycles. The van der Waals surface area contributed by atoms with E-state index < -0.39 is 5.91 Å². The van der Waals surface area contributed by atoms with Gasteiger partial charge in [-0.2, -0.15) is 0 Å². The fraction of sp³-hybridized carbons (Fsp3) is 0.455. The number of primary amides is 1. The smallest absolute Gasteiger partial charge is 0.267 e. The maximum atomic E-state index is 11.0. The van der Waals surface area contributed by atoms with Crippen LogP contribution >= 0.6 is 0 Å². The molecule has 1 heterocycles. The molecule has 1 aromatic rings. The minimum atomic E-state index is -0.546. The molecule has 6 nitrogen and oxygen atoms in total. The predicted octanol–water partition coefficient (Wildman–Crippen LogP) is -0.0438. The summed E-state index contributed by atoms with van der Waals surface area (Å²) in [4.78, 5) is 14.8. The maximum absolute atomic E-state index is 11.0. The number of methoxy groups -OCH3 is 1. The Morgan fingerprint density at radius 3 is 3.00 bits per heavy atom. The van der Waals surface area contributed by atoms with Crippen LogP contribution in [0.1, 0.15) is 16.9 Å². The second kappa shape index (κ2) is 6.82. The van der Waals surface area contributed by atoms with E-state index in [0.29, 0.717) is 13.2 Å². The molecule has 0 saturated heterocycles. The quantitative estimate of drug-likeness (QED) is 0.618. The summed E-state index contributed by atoms with van der Waals surface area (Å²) in [5.41, 5.74) is 11.8. The first-order valence-electron chi connectivity index (χ1n) is 5.38. The van der Waals surface area contributed by atoms with Crippen molar-refractivity contribution >= 4 is 11.6 Å². The van der Waals surface area contributed by atoms with Crippen molar-refractivity contribution in [2.24, 2.45) is 11.5 Å². The van der Waals surface area contributed by atoms with Crippen molar-refractivity contribution in [3.63, 3.8) is 0 Å². The van der Waals surface area contributed by atoms with Crippen LogP contribution < -0.4 is 16.8 Å². The van der Waals surface area contributed by atoms with Crippen molar-refractivity contribution in [2.75, 3.05) is 25.6 Å². The van der Waals surface area contributed by atoms with Gasteiger partial charge in [0.15, 0.2) is 0 Å². The van der Waals surface area contributed by atoms with E-state index in [9.17, 15) is 4.79 Å². The molecule has 1 aromatic heterocycles. The van der Waals surface area contributed by atoms with Crippen molar-refractivity contribution in [3.8, 4) is 0 Å². The van der Waals surface area contributed by atoms with E-state index in [2.05, 4.69) is 10.3 Å². The van der Waals surface area contributed by atoms with E-state index in [-0.39, 0.29) is 11.7 Å². The zero-order valence-electron chi connectivity index (χ0n) is 9.85. The average Bonchev–Trinajstić information content (AvgIpc) is 2.34. The lowest BCUT2D eigenvalue weighted by Crippen LogP contribution is -2.30. The van der Waals surface area contributed by atoms with Crippen LogP contribution in [0.4, 0.5) is 5.69 Å². The van der Waals surface area contributed by atoms with Crippen molar-refractivity contribution in [1.82, 2.24) is 4.98 Å². The van der Waals surface area contributed by atoms with Crippen molar-refractivity contribution in [1.29, 1.82) is 0 Å². The van der Waals surface area contributed by atoms with E-state index in [1.165, 1.54) is 6.20 Å². The number of anilines is 1. The average molecular weight is 238 g/mol. The topological polar surface area (TPSA) is 103 Å². The first kappa shape index (κ1) is 13.4. The van der Waals surface area contributed by atoms with Gasteiger partial charge in [0, 0.05) is 38.2 Å². The van der Waals surface area contributed by atoms with Gasteiger partial charge in [0.25, 0.3) is 5.91 Å². The Morgan fingerprint density at radius 1 is 1.65 bits per heavy atom. The first-order valence-corrected chi connectivity index (χ1v) is 5.38. The zero-order valence-corrected chi connectivity index (χ0v) is 9.85. The Balaban J connectivity index is 2.65. The van der Waals surface area contributed by atoms with Gasteiger partial charge in [0.1, 0.15) is 5.69 Å². The van der Waals surface area contributed by atoms with Gasteiger partial charge in [-0.25, -0.2) is 0 Å². The van der Waals surface area contributed by atoms with Crippen LogP contribution in [0.2, 0.25) is 0 Å². The molecule has 0 bridgehead atoms. The summed E-state index contributed by atoms with van der Waals surface area (Å²) in [6, 6.07) is 3.47. The summed E-state index contributed by atoms with van der Waals surface area (Å²) in [6.45, 7) is 1.11. The summed E-state index contributed by atoms with van der Waals surface area (Å²) in [7, 11) is 1.64. The minimum Gasteiger partial charge on any atom is -0.385 e. The molecule has 17 heavy (non-hydrogen) atoms. The van der Waals surface area contributed by atoms with E-state index in [1.54, 1.807) is 19.2 Å². The summed E-state index contributed by atoms with van der Waals surface area (Å²) < 4.78 is 4.99. The highest BCUT2D eigenvalue weighted by molar-refractivity contribution is 5.91. The molecule has 5 N–H and O–H groups in total. The van der Waals surface area contributed by atoms with Crippen LogP contribution in [0.25, 0.3) is 0 Å². The maximum Gasteiger partial charge on any atom is 0.267 e. The number of rotatable bonds is 7. The van der Waals surface area contributed by atoms with Crippen LogP contribution in [0.15, 0.2) is 18.3 Å². The Hall–Kier alpha value is -1.66. The van der Waals surface area contributed by atoms with Crippen LogP contribution in [-0.4, -0.2) is 37.2 Å². The Labute approximate surface area is 100 Å². The number of hydrogen-bond donors (Lipinski definition) is 3. The molecule has 0 radical (unpaired) electrons. The molecule has 1 unspecified atom stereocenters. The lowest BCUT2D eigenvalue weighted by atomic mass is 10.2. The van der Waals surface area contributed by atoms with Gasteiger partial charge in [-0.05, 0) is 18.6 Å². The molecule has 1 atom stereocenters. The number of ether oxygens (including phenoxy) is 1. The van der Waals surface area contributed by atoms with Gasteiger partial charge in [0.05, 0.1) is 0 Å². The largest absolute Gasteiger partial charge is 0.385 e. The molecule has 0 aliphatic carbocycles. The normalized spacial score (nSPS) is 12.1. The predicted molar refractivity (Wildman–Crippen MR) is 65.7 cm³/mol. The number of nitrogens with two attached hydrogens (primary N) is 2. The van der Waals surface area contributed by atoms with Crippen LogP contribution in [0, 0.1) is 0 Å². The number of amides is 1. The molecule has 6 heteroatoms. The number of nitrogens with zero attached hydrogens (tertiary/aromatic N) is 1. The minimum absolute atomic E-state index is 0.0954. The Morgan fingerprint density at radius 2 is 2.41 bits per heavy atom. The van der Waals surface area contributed by atoms with Crippen LogP contribution in [0.3, 0.4) is 0 Å².